The van der Waals surface area contributed by atoms with Crippen LogP contribution in [0, 0.1) is 5.41 Å². The van der Waals surface area contributed by atoms with E-state index in [4.69, 9.17) is 14.5 Å². The molecule has 0 aromatic carbocycles. The Morgan fingerprint density at radius 1 is 1.15 bits per heavy atom. The summed E-state index contributed by atoms with van der Waals surface area (Å²) >= 11 is 0. The predicted molar refractivity (Wildman–Crippen MR) is 142 cm³/mol. The number of hydrogen-bond acceptors (Lipinski definition) is 13. The van der Waals surface area contributed by atoms with Gasteiger partial charge in [0.15, 0.2) is 35.4 Å². The van der Waals surface area contributed by atoms with Gasteiger partial charge < -0.3 is 29.8 Å². The first-order chi connectivity index (χ1) is 19.1. The molecule has 1 aliphatic rings. The lowest BCUT2D eigenvalue weighted by Crippen LogP contribution is -2.32. The number of imidazole rings is 2. The van der Waals surface area contributed by atoms with Crippen LogP contribution in [0.3, 0.4) is 0 Å². The first-order valence-corrected chi connectivity index (χ1v) is 13.0. The summed E-state index contributed by atoms with van der Waals surface area (Å²) in [5.74, 6) is 1.09. The van der Waals surface area contributed by atoms with Crippen molar-refractivity contribution in [1.82, 2.24) is 49.3 Å². The Kier molecular flexibility index (Phi) is 7.62. The first-order valence-electron chi connectivity index (χ1n) is 13.0. The first kappa shape index (κ1) is 27.4. The highest BCUT2D eigenvalue weighted by Gasteiger charge is 2.49. The lowest BCUT2D eigenvalue weighted by atomic mass is 9.92. The molecule has 1 saturated heterocycles. The molecule has 0 unspecified atom stereocenters. The van der Waals surface area contributed by atoms with E-state index in [1.54, 1.807) is 17.9 Å². The minimum atomic E-state index is -1.25. The van der Waals surface area contributed by atoms with Gasteiger partial charge in [0.2, 0.25) is 11.8 Å². The normalized spacial score (nSPS) is 21.1. The number of aliphatic hydroxyl groups excluding tert-OH is 1. The summed E-state index contributed by atoms with van der Waals surface area (Å²) in [7, 11) is 3.53. The molecule has 1 aliphatic heterocycles. The number of aliphatic hydroxyl groups is 1. The zero-order chi connectivity index (χ0) is 28.4. The van der Waals surface area contributed by atoms with Crippen LogP contribution in [0.2, 0.25) is 0 Å². The second kappa shape index (κ2) is 11.1. The molecule has 0 bridgehead atoms. The predicted octanol–water partition coefficient (Wildman–Crippen LogP) is 0.759. The van der Waals surface area contributed by atoms with E-state index in [-0.39, 0.29) is 17.7 Å². The van der Waals surface area contributed by atoms with Gasteiger partial charge in [-0.1, -0.05) is 20.8 Å². The summed E-state index contributed by atoms with van der Waals surface area (Å²) in [6.45, 7) is 8.00. The van der Waals surface area contributed by atoms with Crippen molar-refractivity contribution in [1.29, 1.82) is 0 Å². The van der Waals surface area contributed by atoms with Crippen molar-refractivity contribution in [3.05, 3.63) is 30.4 Å². The number of tetrazole rings is 1. The Balaban J connectivity index is 1.46. The number of hydrogen-bond donors (Lipinski definition) is 3. The summed E-state index contributed by atoms with van der Waals surface area (Å²) in [5, 5.41) is 29.6. The minimum Gasteiger partial charge on any atom is -0.457 e. The standard InChI is InChI=1S/C24H34N12O4/c1-24(2,3)7-9-25-19-15-21(30-23(29-19)26-8-6-14-10-34(4)11-27-14)36(12-28-15)22-18(39-13-37)16(38)17(40-22)20-31-33-35(5)32-20/h10-13,16-18,22,38H,6-9H2,1-5H3,(H2,25,26,29,30)/t16-,17+,18-,22-/m1/s1. The van der Waals surface area contributed by atoms with Gasteiger partial charge in [0.1, 0.15) is 6.10 Å². The monoisotopic (exact) mass is 554 g/mol. The summed E-state index contributed by atoms with van der Waals surface area (Å²) < 4.78 is 14.9. The van der Waals surface area contributed by atoms with E-state index in [2.05, 4.69) is 61.8 Å². The Labute approximate surface area is 230 Å². The largest absolute Gasteiger partial charge is 0.457 e. The molecule has 0 aliphatic carbocycles. The molecule has 40 heavy (non-hydrogen) atoms. The third-order valence-electron chi connectivity index (χ3n) is 6.49. The van der Waals surface area contributed by atoms with Crippen LogP contribution in [0.1, 0.15) is 51.0 Å². The van der Waals surface area contributed by atoms with Gasteiger partial charge in [-0.05, 0) is 17.0 Å². The molecule has 0 spiro atoms. The number of nitrogens with zero attached hydrogens (tertiary/aromatic N) is 10. The highest BCUT2D eigenvalue weighted by atomic mass is 16.6. The molecular formula is C24H34N12O4. The fourth-order valence-electron chi connectivity index (χ4n) is 4.47. The van der Waals surface area contributed by atoms with Crippen LogP contribution in [-0.2, 0) is 34.8 Å². The third-order valence-corrected chi connectivity index (χ3v) is 6.49. The topological polar surface area (TPSA) is 185 Å². The summed E-state index contributed by atoms with van der Waals surface area (Å²) in [6.07, 6.45) is 2.55. The van der Waals surface area contributed by atoms with Gasteiger partial charge >= 0.3 is 0 Å². The van der Waals surface area contributed by atoms with Crippen molar-refractivity contribution < 1.29 is 19.4 Å². The lowest BCUT2D eigenvalue weighted by molar-refractivity contribution is -0.142. The van der Waals surface area contributed by atoms with Crippen LogP contribution in [-0.4, -0.2) is 86.2 Å². The quantitative estimate of drug-likeness (QED) is 0.221. The van der Waals surface area contributed by atoms with Crippen LogP contribution < -0.4 is 10.6 Å². The van der Waals surface area contributed by atoms with E-state index in [1.807, 2.05) is 17.8 Å². The molecule has 214 valence electrons. The Morgan fingerprint density at radius 3 is 2.65 bits per heavy atom. The Morgan fingerprint density at radius 2 is 1.98 bits per heavy atom. The van der Waals surface area contributed by atoms with E-state index in [9.17, 15) is 9.90 Å². The van der Waals surface area contributed by atoms with Gasteiger partial charge in [-0.15, -0.1) is 10.2 Å². The van der Waals surface area contributed by atoms with Crippen LogP contribution >= 0.6 is 0 Å². The molecule has 1 fully saturated rings. The van der Waals surface area contributed by atoms with Crippen molar-refractivity contribution >= 4 is 29.4 Å². The lowest BCUT2D eigenvalue weighted by Gasteiger charge is -2.20. The van der Waals surface area contributed by atoms with Gasteiger partial charge in [0.25, 0.3) is 6.47 Å². The Bertz CT molecular complexity index is 1460. The summed E-state index contributed by atoms with van der Waals surface area (Å²) in [6, 6.07) is 0. The molecule has 3 N–H and O–H groups in total. The van der Waals surface area contributed by atoms with Crippen molar-refractivity contribution in [3.8, 4) is 0 Å². The van der Waals surface area contributed by atoms with Crippen LogP contribution in [0.15, 0.2) is 18.9 Å². The molecule has 5 heterocycles. The number of nitrogens with one attached hydrogen (secondary N) is 2. The number of aromatic nitrogens is 10. The smallest absolute Gasteiger partial charge is 0.293 e. The number of carbonyl (C=O) groups is 1. The molecule has 4 aromatic heterocycles. The van der Waals surface area contributed by atoms with Gasteiger partial charge in [-0.2, -0.15) is 14.8 Å². The Hall–Kier alpha value is -4.18. The van der Waals surface area contributed by atoms with Crippen molar-refractivity contribution in [2.75, 3.05) is 23.7 Å². The van der Waals surface area contributed by atoms with Gasteiger partial charge in [0, 0.05) is 32.8 Å². The maximum atomic E-state index is 11.4. The SMILES string of the molecule is Cn1cnc(CCNc2nc(NCCC(C)(C)C)c3ncn([C@@H]4O[C@H](c5nnn(C)n5)[C@@H](O)[C@H]4OC=O)c3n2)c1. The van der Waals surface area contributed by atoms with Crippen molar-refractivity contribution in [3.63, 3.8) is 0 Å². The maximum Gasteiger partial charge on any atom is 0.293 e. The second-order valence-corrected chi connectivity index (χ2v) is 10.9. The van der Waals surface area contributed by atoms with Crippen LogP contribution in [0.5, 0.6) is 0 Å². The van der Waals surface area contributed by atoms with E-state index in [0.29, 0.717) is 42.4 Å². The number of ether oxygens (including phenoxy) is 2. The van der Waals surface area contributed by atoms with E-state index >= 15 is 0 Å². The average Bonchev–Trinajstić information content (AvgIpc) is 3.67. The van der Waals surface area contributed by atoms with Crippen LogP contribution in [0.25, 0.3) is 11.2 Å². The highest BCUT2D eigenvalue weighted by Crippen LogP contribution is 2.40. The molecule has 0 radical (unpaired) electrons. The number of aryl methyl sites for hydroxylation is 2. The average molecular weight is 555 g/mol. The van der Waals surface area contributed by atoms with Gasteiger partial charge in [-0.25, -0.2) is 9.97 Å². The van der Waals surface area contributed by atoms with Crippen molar-refractivity contribution in [2.45, 2.75) is 58.2 Å². The summed E-state index contributed by atoms with van der Waals surface area (Å²) in [5.41, 5.74) is 2.00. The number of rotatable bonds is 11. The van der Waals surface area contributed by atoms with Crippen molar-refractivity contribution in [2.24, 2.45) is 19.5 Å². The molecule has 16 nitrogen and oxygen atoms in total. The number of anilines is 2. The molecule has 16 heteroatoms. The van der Waals surface area contributed by atoms with E-state index in [0.717, 1.165) is 12.1 Å². The second-order valence-electron chi connectivity index (χ2n) is 10.9. The molecule has 4 aromatic rings. The summed E-state index contributed by atoms with van der Waals surface area (Å²) in [4.78, 5) is 30.9. The molecule has 0 amide bonds. The third kappa shape index (κ3) is 5.86. The zero-order valence-corrected chi connectivity index (χ0v) is 23.1. The fraction of sp³-hybridized carbons (Fsp3) is 0.583. The zero-order valence-electron chi connectivity index (χ0n) is 23.1. The minimum absolute atomic E-state index is 0.124. The molecule has 5 rings (SSSR count). The van der Waals surface area contributed by atoms with E-state index < -0.39 is 24.5 Å². The fourth-order valence-corrected chi connectivity index (χ4v) is 4.47. The number of carbonyl (C=O) groups excluding carboxylic acids is 1. The molecular weight excluding hydrogens is 520 g/mol. The maximum absolute atomic E-state index is 11.4. The number of fused-ring (bicyclic) bond motifs is 1. The van der Waals surface area contributed by atoms with Gasteiger partial charge in [-0.3, -0.25) is 9.36 Å². The molecule has 4 atom stereocenters. The van der Waals surface area contributed by atoms with Crippen LogP contribution in [0.4, 0.5) is 11.8 Å². The molecule has 0 saturated carbocycles. The highest BCUT2D eigenvalue weighted by molar-refractivity contribution is 5.84. The van der Waals surface area contributed by atoms with E-state index in [1.165, 1.54) is 11.1 Å². The van der Waals surface area contributed by atoms with Gasteiger partial charge in [0.05, 0.1) is 25.4 Å².